The molecule has 0 atom stereocenters. The third-order valence-electron chi connectivity index (χ3n) is 2.49. The van der Waals surface area contributed by atoms with E-state index in [-0.39, 0.29) is 5.75 Å². The van der Waals surface area contributed by atoms with Crippen molar-refractivity contribution in [2.45, 2.75) is 0 Å². The minimum absolute atomic E-state index is 0.215. The maximum Gasteiger partial charge on any atom is 0.159 e. The standard InChI is InChI=1S/C12H9N3O/c16-11-4-2-1-3-9(11)10-7-8-5-6-13-12(8)15-14-10/h1-7,16H,(H,13,15). The predicted molar refractivity (Wildman–Crippen MR) is 61.0 cm³/mol. The Morgan fingerprint density at radius 3 is 2.81 bits per heavy atom. The topological polar surface area (TPSA) is 61.8 Å². The maximum atomic E-state index is 9.71. The highest BCUT2D eigenvalue weighted by molar-refractivity contribution is 5.80. The lowest BCUT2D eigenvalue weighted by molar-refractivity contribution is 0.477. The SMILES string of the molecule is Oc1ccccc1-c1cc2cc[nH]c2nn1. The van der Waals surface area contributed by atoms with Crippen molar-refractivity contribution >= 4 is 11.0 Å². The van der Waals surface area contributed by atoms with E-state index in [2.05, 4.69) is 15.2 Å². The summed E-state index contributed by atoms with van der Waals surface area (Å²) >= 11 is 0. The highest BCUT2D eigenvalue weighted by Crippen LogP contribution is 2.27. The lowest BCUT2D eigenvalue weighted by Crippen LogP contribution is -1.88. The fraction of sp³-hybridized carbons (Fsp3) is 0. The van der Waals surface area contributed by atoms with Crippen molar-refractivity contribution in [3.05, 3.63) is 42.6 Å². The number of phenolic OH excluding ortho intramolecular Hbond substituents is 1. The summed E-state index contributed by atoms with van der Waals surface area (Å²) in [5.41, 5.74) is 2.11. The molecule has 16 heavy (non-hydrogen) atoms. The van der Waals surface area contributed by atoms with Crippen molar-refractivity contribution in [1.82, 2.24) is 15.2 Å². The van der Waals surface area contributed by atoms with Crippen LogP contribution in [0.3, 0.4) is 0 Å². The highest BCUT2D eigenvalue weighted by atomic mass is 16.3. The Bertz CT molecular complexity index is 645. The van der Waals surface area contributed by atoms with Crippen LogP contribution in [0.25, 0.3) is 22.3 Å². The number of para-hydroxylation sites is 1. The normalized spacial score (nSPS) is 10.8. The van der Waals surface area contributed by atoms with Crippen LogP contribution in [0.2, 0.25) is 0 Å². The lowest BCUT2D eigenvalue weighted by Gasteiger charge is -2.02. The van der Waals surface area contributed by atoms with Crippen molar-refractivity contribution in [2.75, 3.05) is 0 Å². The highest BCUT2D eigenvalue weighted by Gasteiger charge is 2.06. The van der Waals surface area contributed by atoms with Gasteiger partial charge in [-0.1, -0.05) is 12.1 Å². The quantitative estimate of drug-likeness (QED) is 0.649. The summed E-state index contributed by atoms with van der Waals surface area (Å²) in [6.45, 7) is 0. The van der Waals surface area contributed by atoms with Gasteiger partial charge in [-0.3, -0.25) is 0 Å². The molecule has 0 amide bonds. The van der Waals surface area contributed by atoms with Gasteiger partial charge in [0.1, 0.15) is 5.75 Å². The van der Waals surface area contributed by atoms with Crippen LogP contribution in [-0.4, -0.2) is 20.3 Å². The number of H-pyrrole nitrogens is 1. The number of nitrogens with zero attached hydrogens (tertiary/aromatic N) is 2. The molecule has 0 saturated carbocycles. The van der Waals surface area contributed by atoms with Gasteiger partial charge in [0.25, 0.3) is 0 Å². The zero-order chi connectivity index (χ0) is 11.0. The number of phenols is 1. The second-order valence-electron chi connectivity index (χ2n) is 3.53. The minimum atomic E-state index is 0.215. The lowest BCUT2D eigenvalue weighted by atomic mass is 10.1. The monoisotopic (exact) mass is 211 g/mol. The number of aromatic amines is 1. The number of hydrogen-bond acceptors (Lipinski definition) is 3. The number of rotatable bonds is 1. The van der Waals surface area contributed by atoms with Crippen LogP contribution in [0.4, 0.5) is 0 Å². The van der Waals surface area contributed by atoms with Gasteiger partial charge in [-0.05, 0) is 24.3 Å². The van der Waals surface area contributed by atoms with E-state index in [4.69, 9.17) is 0 Å². The summed E-state index contributed by atoms with van der Waals surface area (Å²) in [7, 11) is 0. The predicted octanol–water partition coefficient (Wildman–Crippen LogP) is 2.33. The minimum Gasteiger partial charge on any atom is -0.507 e. The van der Waals surface area contributed by atoms with Crippen molar-refractivity contribution < 1.29 is 5.11 Å². The van der Waals surface area contributed by atoms with Gasteiger partial charge in [-0.15, -0.1) is 10.2 Å². The fourth-order valence-electron chi connectivity index (χ4n) is 1.68. The molecule has 0 unspecified atom stereocenters. The number of benzene rings is 1. The fourth-order valence-corrected chi connectivity index (χ4v) is 1.68. The second kappa shape index (κ2) is 3.34. The van der Waals surface area contributed by atoms with Crippen molar-refractivity contribution in [3.63, 3.8) is 0 Å². The summed E-state index contributed by atoms with van der Waals surface area (Å²) in [6, 6.07) is 10.9. The van der Waals surface area contributed by atoms with E-state index in [9.17, 15) is 5.11 Å². The molecule has 4 heteroatoms. The van der Waals surface area contributed by atoms with E-state index in [0.717, 1.165) is 11.0 Å². The summed E-state index contributed by atoms with van der Waals surface area (Å²) in [4.78, 5) is 2.98. The molecule has 0 aliphatic heterocycles. The maximum absolute atomic E-state index is 9.71. The van der Waals surface area contributed by atoms with Crippen LogP contribution in [0.15, 0.2) is 42.6 Å². The van der Waals surface area contributed by atoms with Gasteiger partial charge >= 0.3 is 0 Å². The molecule has 0 saturated heterocycles. The van der Waals surface area contributed by atoms with E-state index in [1.54, 1.807) is 12.1 Å². The smallest absolute Gasteiger partial charge is 0.159 e. The molecule has 2 heterocycles. The molecule has 0 fully saturated rings. The van der Waals surface area contributed by atoms with Gasteiger partial charge in [-0.25, -0.2) is 0 Å². The largest absolute Gasteiger partial charge is 0.507 e. The third kappa shape index (κ3) is 1.32. The first-order valence-corrected chi connectivity index (χ1v) is 4.94. The number of nitrogens with one attached hydrogen (secondary N) is 1. The van der Waals surface area contributed by atoms with Crippen LogP contribution in [0.5, 0.6) is 5.75 Å². The Kier molecular flexibility index (Phi) is 1.86. The Labute approximate surface area is 91.6 Å². The summed E-state index contributed by atoms with van der Waals surface area (Å²) in [5, 5.41) is 18.8. The first-order chi connectivity index (χ1) is 7.84. The molecule has 3 aromatic rings. The van der Waals surface area contributed by atoms with E-state index in [1.165, 1.54) is 0 Å². The Balaban J connectivity index is 2.22. The number of fused-ring (bicyclic) bond motifs is 1. The molecule has 4 nitrogen and oxygen atoms in total. The average Bonchev–Trinajstić information content (AvgIpc) is 2.76. The molecular formula is C12H9N3O. The first kappa shape index (κ1) is 8.91. The van der Waals surface area contributed by atoms with Crippen LogP contribution in [0, 0.1) is 0 Å². The van der Waals surface area contributed by atoms with Crippen molar-refractivity contribution in [1.29, 1.82) is 0 Å². The van der Waals surface area contributed by atoms with E-state index >= 15 is 0 Å². The molecule has 1 aromatic carbocycles. The molecule has 0 spiro atoms. The first-order valence-electron chi connectivity index (χ1n) is 4.94. The van der Waals surface area contributed by atoms with Crippen molar-refractivity contribution in [2.24, 2.45) is 0 Å². The zero-order valence-electron chi connectivity index (χ0n) is 8.38. The molecule has 0 bridgehead atoms. The van der Waals surface area contributed by atoms with Crippen LogP contribution in [0.1, 0.15) is 0 Å². The molecule has 0 aliphatic carbocycles. The Morgan fingerprint density at radius 2 is 1.94 bits per heavy atom. The molecule has 2 N–H and O–H groups in total. The van der Waals surface area contributed by atoms with E-state index in [0.29, 0.717) is 11.3 Å². The summed E-state index contributed by atoms with van der Waals surface area (Å²) in [6.07, 6.45) is 1.81. The number of hydrogen-bond donors (Lipinski definition) is 2. The molecule has 78 valence electrons. The van der Waals surface area contributed by atoms with Crippen LogP contribution >= 0.6 is 0 Å². The average molecular weight is 211 g/mol. The van der Waals surface area contributed by atoms with Gasteiger partial charge in [0.05, 0.1) is 5.69 Å². The Morgan fingerprint density at radius 1 is 1.06 bits per heavy atom. The number of aromatic nitrogens is 3. The second-order valence-corrected chi connectivity index (χ2v) is 3.53. The van der Waals surface area contributed by atoms with Crippen molar-refractivity contribution in [3.8, 4) is 17.0 Å². The Hall–Kier alpha value is -2.36. The zero-order valence-corrected chi connectivity index (χ0v) is 8.38. The van der Waals surface area contributed by atoms with E-state index in [1.807, 2.05) is 30.5 Å². The molecule has 3 rings (SSSR count). The van der Waals surface area contributed by atoms with Gasteiger partial charge < -0.3 is 10.1 Å². The number of aromatic hydroxyl groups is 1. The summed E-state index contributed by atoms with van der Waals surface area (Å²) in [5.74, 6) is 0.215. The molecule has 0 aliphatic rings. The molecule has 2 aromatic heterocycles. The molecule has 0 radical (unpaired) electrons. The van der Waals surface area contributed by atoms with E-state index < -0.39 is 0 Å². The third-order valence-corrected chi connectivity index (χ3v) is 2.49. The molecular weight excluding hydrogens is 202 g/mol. The van der Waals surface area contributed by atoms with Gasteiger partial charge in [0.2, 0.25) is 0 Å². The van der Waals surface area contributed by atoms with Crippen LogP contribution in [-0.2, 0) is 0 Å². The summed E-state index contributed by atoms with van der Waals surface area (Å²) < 4.78 is 0. The van der Waals surface area contributed by atoms with Gasteiger partial charge in [0.15, 0.2) is 5.65 Å². The van der Waals surface area contributed by atoms with Gasteiger partial charge in [0, 0.05) is 17.1 Å². The van der Waals surface area contributed by atoms with Gasteiger partial charge in [-0.2, -0.15) is 0 Å². The van der Waals surface area contributed by atoms with Crippen LogP contribution < -0.4 is 0 Å².